The predicted molar refractivity (Wildman–Crippen MR) is 99.1 cm³/mol. The fraction of sp³-hybridized carbons (Fsp3) is 0.500. The van der Waals surface area contributed by atoms with Crippen molar-refractivity contribution in [3.05, 3.63) is 47.7 Å². The van der Waals surface area contributed by atoms with Crippen molar-refractivity contribution in [3.8, 4) is 0 Å². The molecule has 5 nitrogen and oxygen atoms in total. The van der Waals surface area contributed by atoms with Crippen molar-refractivity contribution in [2.24, 2.45) is 0 Å². The molecule has 0 radical (unpaired) electrons. The average Bonchev–Trinajstić information content (AvgIpc) is 3.11. The van der Waals surface area contributed by atoms with Crippen molar-refractivity contribution in [3.63, 3.8) is 0 Å². The molecule has 1 saturated heterocycles. The minimum absolute atomic E-state index is 0.0687. The van der Waals surface area contributed by atoms with E-state index in [4.69, 9.17) is 0 Å². The summed E-state index contributed by atoms with van der Waals surface area (Å²) in [6.45, 7) is 2.58. The Balaban J connectivity index is 1.67. The molecule has 0 saturated carbocycles. The van der Waals surface area contributed by atoms with Gasteiger partial charge in [-0.2, -0.15) is 18.3 Å². The fourth-order valence-electron chi connectivity index (χ4n) is 4.13. The normalized spacial score (nSPS) is 25.1. The number of nitrogens with one attached hydrogen (secondary N) is 1. The van der Waals surface area contributed by atoms with E-state index in [2.05, 4.69) is 10.4 Å². The van der Waals surface area contributed by atoms with Crippen LogP contribution in [0.5, 0.6) is 0 Å². The fourth-order valence-corrected chi connectivity index (χ4v) is 4.13. The molecule has 1 N–H and O–H groups in total. The number of hydrogen-bond acceptors (Lipinski definition) is 3. The van der Waals surface area contributed by atoms with Gasteiger partial charge in [-0.25, -0.2) is 4.68 Å². The number of amides is 1. The van der Waals surface area contributed by atoms with Crippen LogP contribution in [-0.2, 0) is 0 Å². The van der Waals surface area contributed by atoms with Gasteiger partial charge in [0.15, 0.2) is 11.7 Å². The molecule has 0 spiro atoms. The Morgan fingerprint density at radius 1 is 1.21 bits per heavy atom. The van der Waals surface area contributed by atoms with Crippen LogP contribution in [0.4, 0.5) is 19.0 Å². The van der Waals surface area contributed by atoms with Gasteiger partial charge in [-0.3, -0.25) is 4.79 Å². The number of alkyl halides is 3. The Hall–Kier alpha value is -2.51. The molecule has 0 unspecified atom stereocenters. The first-order valence-corrected chi connectivity index (χ1v) is 9.63. The number of piperidine rings is 1. The molecular weight excluding hydrogens is 369 g/mol. The molecule has 4 rings (SSSR count). The summed E-state index contributed by atoms with van der Waals surface area (Å²) in [6, 6.07) is 8.31. The van der Waals surface area contributed by atoms with Gasteiger partial charge in [-0.05, 0) is 31.7 Å². The van der Waals surface area contributed by atoms with Gasteiger partial charge in [0.2, 0.25) is 0 Å². The molecule has 3 atom stereocenters. The topological polar surface area (TPSA) is 50.2 Å². The summed E-state index contributed by atoms with van der Waals surface area (Å²) in [6.07, 6.45) is -1.76. The lowest BCUT2D eigenvalue weighted by molar-refractivity contribution is -0.173. The van der Waals surface area contributed by atoms with Crippen LogP contribution in [0.25, 0.3) is 0 Å². The molecule has 150 valence electrons. The van der Waals surface area contributed by atoms with E-state index in [-0.39, 0.29) is 29.9 Å². The van der Waals surface area contributed by atoms with Crippen molar-refractivity contribution in [1.29, 1.82) is 0 Å². The van der Waals surface area contributed by atoms with Gasteiger partial charge < -0.3 is 10.2 Å². The molecule has 8 heteroatoms. The Morgan fingerprint density at radius 3 is 2.64 bits per heavy atom. The maximum atomic E-state index is 13.8. The second-order valence-corrected chi connectivity index (χ2v) is 7.60. The van der Waals surface area contributed by atoms with Gasteiger partial charge in [-0.1, -0.05) is 30.3 Å². The lowest BCUT2D eigenvalue weighted by atomic mass is 9.97. The molecule has 1 aromatic carbocycles. The summed E-state index contributed by atoms with van der Waals surface area (Å²) in [7, 11) is 0. The molecule has 2 aliphatic rings. The number of aromatic nitrogens is 2. The summed E-state index contributed by atoms with van der Waals surface area (Å²) in [4.78, 5) is 14.6. The first-order chi connectivity index (χ1) is 13.3. The number of rotatable bonds is 2. The van der Waals surface area contributed by atoms with E-state index in [1.165, 1.54) is 6.07 Å². The van der Waals surface area contributed by atoms with Crippen LogP contribution in [-0.4, -0.2) is 39.4 Å². The third-order valence-corrected chi connectivity index (χ3v) is 5.67. The minimum atomic E-state index is -4.45. The number of hydrogen-bond donors (Lipinski definition) is 1. The number of halogens is 3. The third kappa shape index (κ3) is 3.47. The van der Waals surface area contributed by atoms with Crippen LogP contribution in [0.15, 0.2) is 36.4 Å². The van der Waals surface area contributed by atoms with E-state index >= 15 is 0 Å². The highest BCUT2D eigenvalue weighted by Crippen LogP contribution is 2.43. The van der Waals surface area contributed by atoms with Crippen molar-refractivity contribution in [2.45, 2.75) is 56.9 Å². The number of carbonyl (C=O) groups excluding carboxylic acids is 1. The zero-order valence-electron chi connectivity index (χ0n) is 15.6. The van der Waals surface area contributed by atoms with Gasteiger partial charge in [0.05, 0.1) is 6.04 Å². The highest BCUT2D eigenvalue weighted by molar-refractivity contribution is 5.93. The molecule has 1 amide bonds. The first-order valence-electron chi connectivity index (χ1n) is 9.63. The van der Waals surface area contributed by atoms with Crippen LogP contribution >= 0.6 is 0 Å². The summed E-state index contributed by atoms with van der Waals surface area (Å²) >= 11 is 0. The van der Waals surface area contributed by atoms with E-state index in [0.717, 1.165) is 29.5 Å². The number of likely N-dealkylation sites (tertiary alicyclic amines) is 1. The quantitative estimate of drug-likeness (QED) is 0.815. The van der Waals surface area contributed by atoms with Crippen molar-refractivity contribution >= 4 is 11.7 Å². The van der Waals surface area contributed by atoms with Crippen LogP contribution in [0, 0.1) is 0 Å². The van der Waals surface area contributed by atoms with Gasteiger partial charge in [0, 0.05) is 25.1 Å². The molecule has 1 fully saturated rings. The third-order valence-electron chi connectivity index (χ3n) is 5.67. The van der Waals surface area contributed by atoms with Crippen molar-refractivity contribution < 1.29 is 18.0 Å². The maximum absolute atomic E-state index is 13.8. The van der Waals surface area contributed by atoms with E-state index in [1.54, 1.807) is 29.2 Å². The number of benzene rings is 1. The van der Waals surface area contributed by atoms with E-state index < -0.39 is 18.3 Å². The Labute approximate surface area is 161 Å². The second kappa shape index (κ2) is 7.14. The van der Waals surface area contributed by atoms with Gasteiger partial charge in [0.1, 0.15) is 5.82 Å². The largest absolute Gasteiger partial charge is 0.410 e. The highest BCUT2D eigenvalue weighted by atomic mass is 19.4. The average molecular weight is 392 g/mol. The van der Waals surface area contributed by atoms with Crippen LogP contribution < -0.4 is 5.32 Å². The number of nitrogens with zero attached hydrogens (tertiary/aromatic N) is 3. The molecule has 1 aromatic heterocycles. The van der Waals surface area contributed by atoms with E-state index in [1.807, 2.05) is 13.0 Å². The van der Waals surface area contributed by atoms with Gasteiger partial charge >= 0.3 is 6.18 Å². The standard InChI is InChI=1S/C20H23F3N4O/c1-13-7-5-6-10-26(13)19(28)16-12-18-24-15(14-8-3-2-4-9-14)11-17(20(21,22)23)27(18)25-16/h2-4,8-9,12-13,15,17,24H,5-7,10-11H2,1H3/t13-,15+,17-/m1/s1. The minimum Gasteiger partial charge on any atom is -0.363 e. The lowest BCUT2D eigenvalue weighted by Gasteiger charge is -2.33. The monoisotopic (exact) mass is 392 g/mol. The SMILES string of the molecule is C[C@@H]1CCCCN1C(=O)c1cc2n(n1)[C@@H](C(F)(F)F)C[C@@H](c1ccccc1)N2. The predicted octanol–water partition coefficient (Wildman–Crippen LogP) is 4.56. The Bertz CT molecular complexity index is 849. The lowest BCUT2D eigenvalue weighted by Crippen LogP contribution is -2.42. The van der Waals surface area contributed by atoms with Gasteiger partial charge in [-0.15, -0.1) is 0 Å². The zero-order valence-corrected chi connectivity index (χ0v) is 15.6. The van der Waals surface area contributed by atoms with Crippen molar-refractivity contribution in [2.75, 3.05) is 11.9 Å². The molecule has 0 aliphatic carbocycles. The zero-order chi connectivity index (χ0) is 19.9. The van der Waals surface area contributed by atoms with Crippen LogP contribution in [0.3, 0.4) is 0 Å². The molecule has 2 aliphatic heterocycles. The van der Waals surface area contributed by atoms with Crippen LogP contribution in [0.1, 0.15) is 60.7 Å². The van der Waals surface area contributed by atoms with E-state index in [9.17, 15) is 18.0 Å². The summed E-state index contributed by atoms with van der Waals surface area (Å²) in [5.74, 6) is -0.0662. The molecular formula is C20H23F3N4O. The smallest absolute Gasteiger partial charge is 0.363 e. The summed E-state index contributed by atoms with van der Waals surface area (Å²) in [5, 5.41) is 7.21. The Morgan fingerprint density at radius 2 is 1.96 bits per heavy atom. The maximum Gasteiger partial charge on any atom is 0.410 e. The molecule has 28 heavy (non-hydrogen) atoms. The number of carbonyl (C=O) groups is 1. The number of fused-ring (bicyclic) bond motifs is 1. The first kappa shape index (κ1) is 18.8. The molecule has 2 aromatic rings. The van der Waals surface area contributed by atoms with Crippen molar-refractivity contribution in [1.82, 2.24) is 14.7 Å². The second-order valence-electron chi connectivity index (χ2n) is 7.60. The highest BCUT2D eigenvalue weighted by Gasteiger charge is 2.47. The summed E-state index contributed by atoms with van der Waals surface area (Å²) in [5.41, 5.74) is 0.848. The summed E-state index contributed by atoms with van der Waals surface area (Å²) < 4.78 is 42.2. The number of anilines is 1. The van der Waals surface area contributed by atoms with Gasteiger partial charge in [0.25, 0.3) is 5.91 Å². The molecule has 0 bridgehead atoms. The Kier molecular flexibility index (Phi) is 4.81. The van der Waals surface area contributed by atoms with Crippen LogP contribution in [0.2, 0.25) is 0 Å². The van der Waals surface area contributed by atoms with E-state index in [0.29, 0.717) is 6.54 Å². The molecule has 3 heterocycles.